The summed E-state index contributed by atoms with van der Waals surface area (Å²) in [5.74, 6) is -0.153. The van der Waals surface area contributed by atoms with E-state index in [4.69, 9.17) is 0 Å². The van der Waals surface area contributed by atoms with Crippen molar-refractivity contribution in [1.82, 2.24) is 4.90 Å². The fourth-order valence-corrected chi connectivity index (χ4v) is 2.87. The Morgan fingerprint density at radius 1 is 1.27 bits per heavy atom. The summed E-state index contributed by atoms with van der Waals surface area (Å²) >= 11 is 0. The molecule has 122 valence electrons. The van der Waals surface area contributed by atoms with E-state index in [0.29, 0.717) is 17.8 Å². The number of sulfonamides is 1. The standard InChI is InChI=1S/C16H24N2O3S/c1-5-6-11-18(22(4,20)21)15-9-7-8-14(13-15)16(19)10-12-17(2)3/h7-10,12-13H,5-6,11H2,1-4H3. The number of nitrogens with zero attached hydrogens (tertiary/aromatic N) is 2. The van der Waals surface area contributed by atoms with E-state index in [1.807, 2.05) is 21.0 Å². The van der Waals surface area contributed by atoms with Gasteiger partial charge in [0.05, 0.1) is 11.9 Å². The third-order valence-corrected chi connectivity index (χ3v) is 4.25. The van der Waals surface area contributed by atoms with Crippen molar-refractivity contribution >= 4 is 21.5 Å². The highest BCUT2D eigenvalue weighted by molar-refractivity contribution is 7.92. The Kier molecular flexibility index (Phi) is 6.61. The average Bonchev–Trinajstić information content (AvgIpc) is 2.44. The molecule has 22 heavy (non-hydrogen) atoms. The Balaban J connectivity index is 3.10. The van der Waals surface area contributed by atoms with Gasteiger partial charge in [0.15, 0.2) is 5.78 Å². The maximum atomic E-state index is 12.1. The molecule has 0 saturated carbocycles. The van der Waals surface area contributed by atoms with Gasteiger partial charge in [-0.05, 0) is 18.6 Å². The molecule has 1 aromatic rings. The van der Waals surface area contributed by atoms with Crippen LogP contribution in [0.5, 0.6) is 0 Å². The fourth-order valence-electron chi connectivity index (χ4n) is 1.92. The van der Waals surface area contributed by atoms with Gasteiger partial charge in [0.1, 0.15) is 0 Å². The van der Waals surface area contributed by atoms with E-state index in [-0.39, 0.29) is 5.78 Å². The second-order valence-corrected chi connectivity index (χ2v) is 7.29. The third kappa shape index (κ3) is 5.52. The highest BCUT2D eigenvalue weighted by Gasteiger charge is 2.17. The second kappa shape index (κ2) is 7.98. The van der Waals surface area contributed by atoms with E-state index in [9.17, 15) is 13.2 Å². The first-order chi connectivity index (χ1) is 10.3. The van der Waals surface area contributed by atoms with Gasteiger partial charge >= 0.3 is 0 Å². The van der Waals surface area contributed by atoms with Crippen LogP contribution in [0, 0.1) is 0 Å². The minimum absolute atomic E-state index is 0.153. The lowest BCUT2D eigenvalue weighted by molar-refractivity contribution is 0.104. The summed E-state index contributed by atoms with van der Waals surface area (Å²) in [7, 11) is 0.297. The van der Waals surface area contributed by atoms with Crippen LogP contribution in [-0.2, 0) is 10.0 Å². The number of rotatable bonds is 8. The second-order valence-electron chi connectivity index (χ2n) is 5.38. The van der Waals surface area contributed by atoms with Crippen molar-refractivity contribution in [3.63, 3.8) is 0 Å². The Morgan fingerprint density at radius 3 is 2.50 bits per heavy atom. The summed E-state index contributed by atoms with van der Waals surface area (Å²) in [4.78, 5) is 13.9. The molecule has 0 aliphatic carbocycles. The predicted molar refractivity (Wildman–Crippen MR) is 90.7 cm³/mol. The number of carbonyl (C=O) groups is 1. The molecule has 0 fully saturated rings. The van der Waals surface area contributed by atoms with Crippen LogP contribution in [0.15, 0.2) is 36.5 Å². The minimum atomic E-state index is -3.36. The van der Waals surface area contributed by atoms with Gasteiger partial charge in [-0.15, -0.1) is 0 Å². The van der Waals surface area contributed by atoms with Gasteiger partial charge in [0.2, 0.25) is 10.0 Å². The summed E-state index contributed by atoms with van der Waals surface area (Å²) in [6.07, 6.45) is 5.99. The molecule has 0 amide bonds. The van der Waals surface area contributed by atoms with Crippen molar-refractivity contribution in [3.8, 4) is 0 Å². The molecule has 0 unspecified atom stereocenters. The van der Waals surface area contributed by atoms with Gasteiger partial charge in [-0.25, -0.2) is 8.42 Å². The number of hydrogen-bond acceptors (Lipinski definition) is 4. The normalized spacial score (nSPS) is 11.6. The van der Waals surface area contributed by atoms with Gasteiger partial charge in [-0.3, -0.25) is 9.10 Å². The summed E-state index contributed by atoms with van der Waals surface area (Å²) in [5, 5.41) is 0. The molecule has 0 aliphatic heterocycles. The molecule has 0 bridgehead atoms. The number of anilines is 1. The monoisotopic (exact) mass is 324 g/mol. The molecular weight excluding hydrogens is 300 g/mol. The maximum Gasteiger partial charge on any atom is 0.232 e. The van der Waals surface area contributed by atoms with Crippen molar-refractivity contribution in [2.75, 3.05) is 31.2 Å². The van der Waals surface area contributed by atoms with Crippen LogP contribution in [0.3, 0.4) is 0 Å². The first-order valence-electron chi connectivity index (χ1n) is 7.22. The molecule has 0 spiro atoms. The SMILES string of the molecule is CCCCN(c1cccc(C(=O)C=CN(C)C)c1)S(C)(=O)=O. The van der Waals surface area contributed by atoms with Gasteiger partial charge in [-0.2, -0.15) is 0 Å². The minimum Gasteiger partial charge on any atom is -0.383 e. The van der Waals surface area contributed by atoms with Crippen molar-refractivity contribution in [2.24, 2.45) is 0 Å². The first kappa shape index (κ1) is 18.2. The van der Waals surface area contributed by atoms with Crippen LogP contribution in [0.25, 0.3) is 0 Å². The summed E-state index contributed by atoms with van der Waals surface area (Å²) in [5.41, 5.74) is 1.00. The lowest BCUT2D eigenvalue weighted by Crippen LogP contribution is -2.30. The van der Waals surface area contributed by atoms with E-state index < -0.39 is 10.0 Å². The molecule has 1 rings (SSSR count). The number of ketones is 1. The van der Waals surface area contributed by atoms with Crippen molar-refractivity contribution in [1.29, 1.82) is 0 Å². The molecule has 1 aromatic carbocycles. The summed E-state index contributed by atoms with van der Waals surface area (Å²) in [6.45, 7) is 2.42. The highest BCUT2D eigenvalue weighted by atomic mass is 32.2. The number of benzene rings is 1. The van der Waals surface area contributed by atoms with E-state index in [1.54, 1.807) is 35.4 Å². The zero-order valence-electron chi connectivity index (χ0n) is 13.6. The molecule has 0 aliphatic rings. The largest absolute Gasteiger partial charge is 0.383 e. The summed E-state index contributed by atoms with van der Waals surface area (Å²) < 4.78 is 25.3. The van der Waals surface area contributed by atoms with E-state index in [2.05, 4.69) is 0 Å². The molecule has 0 N–H and O–H groups in total. The van der Waals surface area contributed by atoms with Crippen LogP contribution < -0.4 is 4.31 Å². The van der Waals surface area contributed by atoms with E-state index in [1.165, 1.54) is 16.6 Å². The molecule has 6 heteroatoms. The maximum absolute atomic E-state index is 12.1. The number of allylic oxidation sites excluding steroid dienone is 1. The van der Waals surface area contributed by atoms with E-state index in [0.717, 1.165) is 12.8 Å². The van der Waals surface area contributed by atoms with Gasteiger partial charge in [-0.1, -0.05) is 25.5 Å². The lowest BCUT2D eigenvalue weighted by Gasteiger charge is -2.22. The van der Waals surface area contributed by atoms with Gasteiger partial charge in [0, 0.05) is 38.5 Å². The van der Waals surface area contributed by atoms with Crippen LogP contribution in [0.4, 0.5) is 5.69 Å². The van der Waals surface area contributed by atoms with Crippen LogP contribution in [-0.4, -0.2) is 46.0 Å². The Bertz CT molecular complexity index is 637. The number of hydrogen-bond donors (Lipinski definition) is 0. The molecular formula is C16H24N2O3S. The Morgan fingerprint density at radius 2 is 1.95 bits per heavy atom. The van der Waals surface area contributed by atoms with Crippen LogP contribution in [0.1, 0.15) is 30.1 Å². The average molecular weight is 324 g/mol. The van der Waals surface area contributed by atoms with Gasteiger partial charge < -0.3 is 4.90 Å². The van der Waals surface area contributed by atoms with Crippen molar-refractivity contribution < 1.29 is 13.2 Å². The highest BCUT2D eigenvalue weighted by Crippen LogP contribution is 2.20. The zero-order valence-corrected chi connectivity index (χ0v) is 14.4. The third-order valence-electron chi connectivity index (χ3n) is 3.06. The fraction of sp³-hybridized carbons (Fsp3) is 0.438. The Hall–Kier alpha value is -1.82. The predicted octanol–water partition coefficient (Wildman–Crippen LogP) is 2.51. The van der Waals surface area contributed by atoms with Crippen molar-refractivity contribution in [2.45, 2.75) is 19.8 Å². The molecule has 0 saturated heterocycles. The van der Waals surface area contributed by atoms with E-state index >= 15 is 0 Å². The molecule has 5 nitrogen and oxygen atoms in total. The van der Waals surface area contributed by atoms with Crippen LogP contribution in [0.2, 0.25) is 0 Å². The van der Waals surface area contributed by atoms with Gasteiger partial charge in [0.25, 0.3) is 0 Å². The first-order valence-corrected chi connectivity index (χ1v) is 9.07. The zero-order chi connectivity index (χ0) is 16.8. The quantitative estimate of drug-likeness (QED) is 0.544. The van der Waals surface area contributed by atoms with Crippen molar-refractivity contribution in [3.05, 3.63) is 42.1 Å². The molecule has 0 aromatic heterocycles. The number of carbonyl (C=O) groups excluding carboxylic acids is 1. The molecule has 0 radical (unpaired) electrons. The summed E-state index contributed by atoms with van der Waals surface area (Å²) in [6, 6.07) is 6.73. The molecule has 0 heterocycles. The molecule has 0 atom stereocenters. The lowest BCUT2D eigenvalue weighted by atomic mass is 10.1. The smallest absolute Gasteiger partial charge is 0.232 e. The topological polar surface area (TPSA) is 57.7 Å². The van der Waals surface area contributed by atoms with Crippen LogP contribution >= 0.6 is 0 Å². The Labute approximate surface area is 133 Å². The number of unbranched alkanes of at least 4 members (excludes halogenated alkanes) is 1.